The number of nitrogen functional groups attached to an aromatic ring is 1. The van der Waals surface area contributed by atoms with Crippen molar-refractivity contribution in [1.29, 1.82) is 5.26 Å². The third-order valence-electron chi connectivity index (χ3n) is 4.51. The number of anilines is 2. The van der Waals surface area contributed by atoms with Crippen molar-refractivity contribution in [2.24, 2.45) is 0 Å². The fraction of sp³-hybridized carbons (Fsp3) is 0.294. The lowest BCUT2D eigenvalue weighted by Crippen LogP contribution is -2.42. The zero-order valence-electron chi connectivity index (χ0n) is 12.4. The average molecular weight is 314 g/mol. The van der Waals surface area contributed by atoms with Crippen molar-refractivity contribution in [2.75, 3.05) is 17.6 Å². The largest absolute Gasteiger partial charge is 0.383 e. The van der Waals surface area contributed by atoms with Gasteiger partial charge in [-0.3, -0.25) is 0 Å². The van der Waals surface area contributed by atoms with E-state index in [4.69, 9.17) is 5.73 Å². The Labute approximate surface area is 133 Å². The number of hydrogen-bond donors (Lipinski definition) is 2. The van der Waals surface area contributed by atoms with Gasteiger partial charge in [-0.25, -0.2) is 13.8 Å². The minimum Gasteiger partial charge on any atom is -0.383 e. The second kappa shape index (κ2) is 5.84. The first-order valence-corrected chi connectivity index (χ1v) is 7.40. The molecular formula is C17H16F2N4. The van der Waals surface area contributed by atoms with Crippen molar-refractivity contribution < 1.29 is 8.78 Å². The summed E-state index contributed by atoms with van der Waals surface area (Å²) in [6.45, 7) is 0.336. The maximum absolute atomic E-state index is 14.2. The zero-order valence-corrected chi connectivity index (χ0v) is 12.4. The van der Waals surface area contributed by atoms with Crippen LogP contribution in [0.15, 0.2) is 30.5 Å². The number of benzene rings is 1. The summed E-state index contributed by atoms with van der Waals surface area (Å²) in [7, 11) is 0. The number of nitriles is 1. The molecule has 0 bridgehead atoms. The molecule has 1 aromatic heterocycles. The van der Waals surface area contributed by atoms with E-state index in [2.05, 4.69) is 10.3 Å². The molecule has 1 saturated carbocycles. The maximum atomic E-state index is 14.2. The molecular weight excluding hydrogens is 298 g/mol. The molecule has 4 nitrogen and oxygen atoms in total. The smallest absolute Gasteiger partial charge is 0.143 e. The highest BCUT2D eigenvalue weighted by Crippen LogP contribution is 2.45. The molecule has 2 aromatic rings. The van der Waals surface area contributed by atoms with Crippen LogP contribution in [0.1, 0.15) is 30.4 Å². The highest BCUT2D eigenvalue weighted by Gasteiger charge is 2.42. The molecule has 1 heterocycles. The van der Waals surface area contributed by atoms with Crippen LogP contribution in [-0.2, 0) is 5.41 Å². The summed E-state index contributed by atoms with van der Waals surface area (Å²) in [5, 5.41) is 12.3. The molecule has 3 rings (SSSR count). The van der Waals surface area contributed by atoms with E-state index in [-0.39, 0.29) is 16.9 Å². The lowest BCUT2D eigenvalue weighted by Gasteiger charge is -2.43. The van der Waals surface area contributed by atoms with Gasteiger partial charge < -0.3 is 11.1 Å². The molecule has 1 aliphatic carbocycles. The van der Waals surface area contributed by atoms with Crippen LogP contribution in [-0.4, -0.2) is 11.5 Å². The molecule has 6 heteroatoms. The second-order valence-electron chi connectivity index (χ2n) is 5.81. The first-order chi connectivity index (χ1) is 11.1. The Hall–Kier alpha value is -2.68. The van der Waals surface area contributed by atoms with E-state index in [0.29, 0.717) is 25.1 Å². The third kappa shape index (κ3) is 2.59. The molecule has 0 amide bonds. The number of nitrogens with one attached hydrogen (secondary N) is 1. The first kappa shape index (κ1) is 15.2. The number of nitrogens with two attached hydrogens (primary N) is 1. The predicted molar refractivity (Wildman–Crippen MR) is 83.7 cm³/mol. The van der Waals surface area contributed by atoms with E-state index >= 15 is 0 Å². The van der Waals surface area contributed by atoms with Crippen LogP contribution < -0.4 is 11.1 Å². The molecule has 0 unspecified atom stereocenters. The van der Waals surface area contributed by atoms with Crippen molar-refractivity contribution in [3.05, 3.63) is 53.2 Å². The monoisotopic (exact) mass is 314 g/mol. The summed E-state index contributed by atoms with van der Waals surface area (Å²) in [5.74, 6) is -0.917. The Morgan fingerprint density at radius 3 is 2.52 bits per heavy atom. The fourth-order valence-corrected chi connectivity index (χ4v) is 3.13. The Morgan fingerprint density at radius 1 is 1.26 bits per heavy atom. The Morgan fingerprint density at radius 2 is 1.96 bits per heavy atom. The van der Waals surface area contributed by atoms with Crippen molar-refractivity contribution in [3.63, 3.8) is 0 Å². The number of halogens is 2. The summed E-state index contributed by atoms with van der Waals surface area (Å²) < 4.78 is 28.3. The van der Waals surface area contributed by atoms with Gasteiger partial charge in [0.05, 0.1) is 5.69 Å². The number of pyridine rings is 1. The molecule has 1 aromatic carbocycles. The van der Waals surface area contributed by atoms with Crippen LogP contribution in [0, 0.1) is 23.0 Å². The Kier molecular flexibility index (Phi) is 3.87. The number of nitrogens with zero attached hydrogens (tertiary/aromatic N) is 2. The highest BCUT2D eigenvalue weighted by molar-refractivity contribution is 5.66. The summed E-state index contributed by atoms with van der Waals surface area (Å²) in [6.07, 6.45) is 3.80. The van der Waals surface area contributed by atoms with E-state index < -0.39 is 17.0 Å². The summed E-state index contributed by atoms with van der Waals surface area (Å²) in [6, 6.07) is 7.57. The van der Waals surface area contributed by atoms with Gasteiger partial charge in [0.2, 0.25) is 0 Å². The van der Waals surface area contributed by atoms with E-state index in [1.807, 2.05) is 6.07 Å². The standard InChI is InChI=1S/C17H16F2N4/c18-12-3-1-4-13(19)15(12)17(6-2-7-17)10-23-14-5-8-22-16(21)11(14)9-20/h1,3-5,8H,2,6-7,10H2,(H3,21,22,23). The van der Waals surface area contributed by atoms with Crippen LogP contribution >= 0.6 is 0 Å². The molecule has 0 atom stereocenters. The fourth-order valence-electron chi connectivity index (χ4n) is 3.13. The summed E-state index contributed by atoms with van der Waals surface area (Å²) in [5.41, 5.74) is 5.99. The van der Waals surface area contributed by atoms with Crippen molar-refractivity contribution >= 4 is 11.5 Å². The van der Waals surface area contributed by atoms with E-state index in [1.165, 1.54) is 24.4 Å². The van der Waals surface area contributed by atoms with Gasteiger partial charge in [0.15, 0.2) is 0 Å². The van der Waals surface area contributed by atoms with Gasteiger partial charge in [-0.2, -0.15) is 5.26 Å². The van der Waals surface area contributed by atoms with Gasteiger partial charge in [-0.05, 0) is 31.0 Å². The topological polar surface area (TPSA) is 74.7 Å². The number of aromatic nitrogens is 1. The molecule has 0 aliphatic heterocycles. The minimum absolute atomic E-state index is 0.124. The van der Waals surface area contributed by atoms with Crippen molar-refractivity contribution in [3.8, 4) is 6.07 Å². The molecule has 0 radical (unpaired) electrons. The average Bonchev–Trinajstić information content (AvgIpc) is 2.48. The number of rotatable bonds is 4. The van der Waals surface area contributed by atoms with Gasteiger partial charge >= 0.3 is 0 Å². The normalized spacial score (nSPS) is 15.5. The molecule has 1 aliphatic rings. The molecule has 23 heavy (non-hydrogen) atoms. The molecule has 3 N–H and O–H groups in total. The Bertz CT molecular complexity index is 758. The molecule has 0 spiro atoms. The van der Waals surface area contributed by atoms with Crippen LogP contribution in [0.4, 0.5) is 20.3 Å². The lowest BCUT2D eigenvalue weighted by molar-refractivity contribution is 0.242. The Balaban J connectivity index is 1.90. The van der Waals surface area contributed by atoms with E-state index in [0.717, 1.165) is 6.42 Å². The first-order valence-electron chi connectivity index (χ1n) is 7.40. The highest BCUT2D eigenvalue weighted by atomic mass is 19.1. The van der Waals surface area contributed by atoms with E-state index in [9.17, 15) is 14.0 Å². The van der Waals surface area contributed by atoms with Crippen LogP contribution in [0.2, 0.25) is 0 Å². The zero-order chi connectivity index (χ0) is 16.4. The summed E-state index contributed by atoms with van der Waals surface area (Å²) in [4.78, 5) is 3.87. The number of hydrogen-bond acceptors (Lipinski definition) is 4. The van der Waals surface area contributed by atoms with Crippen molar-refractivity contribution in [2.45, 2.75) is 24.7 Å². The predicted octanol–water partition coefficient (Wildman–Crippen LogP) is 3.35. The molecule has 0 saturated heterocycles. The lowest BCUT2D eigenvalue weighted by atomic mass is 9.64. The quantitative estimate of drug-likeness (QED) is 0.907. The maximum Gasteiger partial charge on any atom is 0.143 e. The minimum atomic E-state index is -0.597. The van der Waals surface area contributed by atoms with Crippen LogP contribution in [0.25, 0.3) is 0 Å². The molecule has 118 valence electrons. The van der Waals surface area contributed by atoms with Crippen LogP contribution in [0.3, 0.4) is 0 Å². The van der Waals surface area contributed by atoms with Crippen molar-refractivity contribution in [1.82, 2.24) is 4.98 Å². The van der Waals surface area contributed by atoms with Gasteiger partial charge in [0, 0.05) is 23.7 Å². The summed E-state index contributed by atoms with van der Waals surface area (Å²) >= 11 is 0. The second-order valence-corrected chi connectivity index (χ2v) is 5.81. The van der Waals surface area contributed by atoms with Crippen LogP contribution in [0.5, 0.6) is 0 Å². The van der Waals surface area contributed by atoms with Gasteiger partial charge in [-0.15, -0.1) is 0 Å². The third-order valence-corrected chi connectivity index (χ3v) is 4.51. The SMILES string of the molecule is N#Cc1c(NCC2(c3c(F)cccc3F)CCC2)ccnc1N. The van der Waals surface area contributed by atoms with Gasteiger partial charge in [0.25, 0.3) is 0 Å². The van der Waals surface area contributed by atoms with Gasteiger partial charge in [-0.1, -0.05) is 12.5 Å². The van der Waals surface area contributed by atoms with E-state index in [1.54, 1.807) is 6.07 Å². The van der Waals surface area contributed by atoms with Gasteiger partial charge in [0.1, 0.15) is 29.1 Å². The molecule has 1 fully saturated rings.